The summed E-state index contributed by atoms with van der Waals surface area (Å²) < 4.78 is 17.2. The van der Waals surface area contributed by atoms with Crippen molar-refractivity contribution in [2.75, 3.05) is 6.61 Å². The first kappa shape index (κ1) is 25.2. The number of unbranched alkanes of at least 4 members (excludes halogenated alkanes) is 6. The van der Waals surface area contributed by atoms with E-state index in [2.05, 4.69) is 4.98 Å². The molecule has 8 heteroatoms. The van der Waals surface area contributed by atoms with Crippen LogP contribution in [0.4, 0.5) is 0 Å². The van der Waals surface area contributed by atoms with Gasteiger partial charge in [-0.25, -0.2) is 4.79 Å². The predicted molar refractivity (Wildman–Crippen MR) is 123 cm³/mol. The number of hydrogen-bond acceptors (Lipinski definition) is 6. The van der Waals surface area contributed by atoms with Crippen molar-refractivity contribution < 1.29 is 34.0 Å². The van der Waals surface area contributed by atoms with Crippen LogP contribution in [-0.2, 0) is 19.0 Å². The number of carbonyl (C=O) groups excluding carboxylic acids is 1. The number of aromatic nitrogens is 1. The number of aliphatic carboxylic acids is 1. The molecule has 3 N–H and O–H groups in total. The highest BCUT2D eigenvalue weighted by Gasteiger charge is 2.38. The number of esters is 1. The van der Waals surface area contributed by atoms with Gasteiger partial charge in [0.15, 0.2) is 6.29 Å². The number of hydrogen-bond donors (Lipinski definition) is 3. The summed E-state index contributed by atoms with van der Waals surface area (Å²) in [7, 11) is 0. The molecule has 182 valence electrons. The Balaban J connectivity index is 1.33. The van der Waals surface area contributed by atoms with E-state index in [4.69, 9.17) is 19.3 Å². The minimum Gasteiger partial charge on any atom is -0.481 e. The second-order valence-corrected chi connectivity index (χ2v) is 8.69. The van der Waals surface area contributed by atoms with Crippen LogP contribution in [0.1, 0.15) is 75.1 Å². The maximum Gasteiger partial charge on any atom is 0.340 e. The minimum atomic E-state index is -0.865. The van der Waals surface area contributed by atoms with Gasteiger partial charge in [0.1, 0.15) is 12.2 Å². The zero-order chi connectivity index (χ0) is 23.6. The van der Waals surface area contributed by atoms with Gasteiger partial charge in [-0.05, 0) is 25.8 Å². The number of aromatic amines is 1. The molecule has 0 radical (unpaired) electrons. The SMILES string of the molecule is C[C@@H]1O[C@@H](OCCCCCCCCCC(=O)O)[C@H](O)C[C@H]1OC(=O)c1c[nH]c2ccccc12. The molecular weight excluding hydrogens is 426 g/mol. The van der Waals surface area contributed by atoms with Crippen LogP contribution in [0, 0.1) is 0 Å². The van der Waals surface area contributed by atoms with Gasteiger partial charge in [-0.3, -0.25) is 4.79 Å². The van der Waals surface area contributed by atoms with E-state index in [1.165, 1.54) is 0 Å². The van der Waals surface area contributed by atoms with Crippen LogP contribution < -0.4 is 0 Å². The zero-order valence-corrected chi connectivity index (χ0v) is 19.2. The monoisotopic (exact) mass is 461 g/mol. The first-order valence-corrected chi connectivity index (χ1v) is 11.9. The molecule has 2 heterocycles. The van der Waals surface area contributed by atoms with E-state index >= 15 is 0 Å². The van der Waals surface area contributed by atoms with Gasteiger partial charge in [-0.15, -0.1) is 0 Å². The van der Waals surface area contributed by atoms with E-state index in [0.29, 0.717) is 12.2 Å². The molecular formula is C25H35NO7. The van der Waals surface area contributed by atoms with Gasteiger partial charge in [-0.2, -0.15) is 0 Å². The molecule has 0 unspecified atom stereocenters. The molecule has 0 amide bonds. The third-order valence-corrected chi connectivity index (χ3v) is 6.04. The molecule has 0 saturated carbocycles. The summed E-state index contributed by atoms with van der Waals surface area (Å²) in [6.45, 7) is 2.31. The molecule has 1 aliphatic heterocycles. The smallest absolute Gasteiger partial charge is 0.340 e. The summed E-state index contributed by atoms with van der Waals surface area (Å²) in [5.74, 6) is -1.17. The number of para-hydroxylation sites is 1. The van der Waals surface area contributed by atoms with E-state index in [9.17, 15) is 14.7 Å². The fraction of sp³-hybridized carbons (Fsp3) is 0.600. The molecule has 1 aromatic carbocycles. The predicted octanol–water partition coefficient (Wildman–Crippen LogP) is 4.41. The number of carboxylic acid groups (broad SMARTS) is 1. The first-order chi connectivity index (χ1) is 16.0. The molecule has 0 spiro atoms. The summed E-state index contributed by atoms with van der Waals surface area (Å²) in [4.78, 5) is 26.2. The fourth-order valence-corrected chi connectivity index (χ4v) is 4.13. The summed E-state index contributed by atoms with van der Waals surface area (Å²) in [6, 6.07) is 7.52. The maximum absolute atomic E-state index is 12.7. The Labute approximate surface area is 194 Å². The van der Waals surface area contributed by atoms with Gasteiger partial charge < -0.3 is 29.4 Å². The lowest BCUT2D eigenvalue weighted by molar-refractivity contribution is -0.260. The normalized spacial score (nSPS) is 23.0. The lowest BCUT2D eigenvalue weighted by Crippen LogP contribution is -2.48. The van der Waals surface area contributed by atoms with E-state index < -0.39 is 36.5 Å². The van der Waals surface area contributed by atoms with E-state index in [0.717, 1.165) is 55.8 Å². The van der Waals surface area contributed by atoms with Gasteiger partial charge in [0.05, 0.1) is 11.7 Å². The summed E-state index contributed by atoms with van der Waals surface area (Å²) in [5, 5.41) is 19.9. The van der Waals surface area contributed by atoms with Crippen molar-refractivity contribution in [2.45, 2.75) is 89.3 Å². The highest BCUT2D eigenvalue weighted by molar-refractivity contribution is 6.04. The average Bonchev–Trinajstić information content (AvgIpc) is 3.22. The van der Waals surface area contributed by atoms with E-state index in [1.807, 2.05) is 31.2 Å². The molecule has 8 nitrogen and oxygen atoms in total. The van der Waals surface area contributed by atoms with Gasteiger partial charge in [0.25, 0.3) is 0 Å². The van der Waals surface area contributed by atoms with Crippen molar-refractivity contribution in [1.29, 1.82) is 0 Å². The number of fused-ring (bicyclic) bond motifs is 1. The van der Waals surface area contributed by atoms with Crippen LogP contribution in [0.25, 0.3) is 10.9 Å². The largest absolute Gasteiger partial charge is 0.481 e. The van der Waals surface area contributed by atoms with E-state index in [1.54, 1.807) is 6.20 Å². The van der Waals surface area contributed by atoms with Gasteiger partial charge in [0, 0.05) is 36.5 Å². The summed E-state index contributed by atoms with van der Waals surface area (Å²) >= 11 is 0. The third kappa shape index (κ3) is 7.55. The molecule has 1 aromatic heterocycles. The second-order valence-electron chi connectivity index (χ2n) is 8.69. The molecule has 1 fully saturated rings. The van der Waals surface area contributed by atoms with Crippen molar-refractivity contribution in [2.24, 2.45) is 0 Å². The Morgan fingerprint density at radius 2 is 1.79 bits per heavy atom. The van der Waals surface area contributed by atoms with Crippen molar-refractivity contribution in [3.8, 4) is 0 Å². The lowest BCUT2D eigenvalue weighted by Gasteiger charge is -2.37. The molecule has 2 aromatic rings. The number of rotatable bonds is 13. The molecule has 33 heavy (non-hydrogen) atoms. The van der Waals surface area contributed by atoms with Crippen LogP contribution in [0.2, 0.25) is 0 Å². The maximum atomic E-state index is 12.7. The summed E-state index contributed by atoms with van der Waals surface area (Å²) in [5.41, 5.74) is 1.33. The molecule has 0 bridgehead atoms. The van der Waals surface area contributed by atoms with Crippen molar-refractivity contribution in [3.63, 3.8) is 0 Å². The van der Waals surface area contributed by atoms with Gasteiger partial charge in [-0.1, -0.05) is 50.3 Å². The standard InChI is InChI=1S/C25H35NO7/c1-17-22(33-24(30)19-16-26-20-12-9-8-11-18(19)20)15-21(27)25(32-17)31-14-10-6-4-2-3-5-7-13-23(28)29/h8-9,11-12,16-17,21-22,25-27H,2-7,10,13-15H2,1H3,(H,28,29)/t17-,21+,22+,25+/m0/s1. The Bertz CT molecular complexity index is 896. The number of carbonyl (C=O) groups is 2. The minimum absolute atomic E-state index is 0.249. The summed E-state index contributed by atoms with van der Waals surface area (Å²) in [6.07, 6.45) is 6.41. The second kappa shape index (κ2) is 12.7. The Hall–Kier alpha value is -2.42. The quantitative estimate of drug-likeness (QED) is 0.299. The van der Waals surface area contributed by atoms with E-state index in [-0.39, 0.29) is 12.8 Å². The molecule has 4 atom stereocenters. The Morgan fingerprint density at radius 3 is 2.55 bits per heavy atom. The lowest BCUT2D eigenvalue weighted by atomic mass is 10.0. The Morgan fingerprint density at radius 1 is 1.09 bits per heavy atom. The fourth-order valence-electron chi connectivity index (χ4n) is 4.13. The van der Waals surface area contributed by atoms with Gasteiger partial charge in [0.2, 0.25) is 0 Å². The molecule has 1 aliphatic rings. The van der Waals surface area contributed by atoms with Crippen LogP contribution in [-0.4, -0.2) is 58.3 Å². The third-order valence-electron chi connectivity index (χ3n) is 6.04. The number of aliphatic hydroxyl groups excluding tert-OH is 1. The number of aliphatic hydroxyl groups is 1. The Kier molecular flexibility index (Phi) is 9.72. The van der Waals surface area contributed by atoms with Crippen molar-refractivity contribution in [3.05, 3.63) is 36.0 Å². The average molecular weight is 462 g/mol. The number of nitrogens with one attached hydrogen (secondary N) is 1. The first-order valence-electron chi connectivity index (χ1n) is 11.9. The van der Waals surface area contributed by atoms with Crippen LogP contribution in [0.15, 0.2) is 30.5 Å². The highest BCUT2D eigenvalue weighted by Crippen LogP contribution is 2.26. The highest BCUT2D eigenvalue weighted by atomic mass is 16.7. The molecule has 3 rings (SSSR count). The molecule has 1 saturated heterocycles. The van der Waals surface area contributed by atoms with Crippen LogP contribution in [0.3, 0.4) is 0 Å². The number of benzene rings is 1. The zero-order valence-electron chi connectivity index (χ0n) is 19.2. The van der Waals surface area contributed by atoms with Gasteiger partial charge >= 0.3 is 11.9 Å². The van der Waals surface area contributed by atoms with Crippen LogP contribution >= 0.6 is 0 Å². The van der Waals surface area contributed by atoms with Crippen molar-refractivity contribution in [1.82, 2.24) is 4.98 Å². The number of carboxylic acids is 1. The number of H-pyrrole nitrogens is 1. The number of ether oxygens (including phenoxy) is 3. The van der Waals surface area contributed by atoms with Crippen LogP contribution in [0.5, 0.6) is 0 Å². The van der Waals surface area contributed by atoms with Crippen molar-refractivity contribution >= 4 is 22.8 Å². The topological polar surface area (TPSA) is 118 Å². The molecule has 0 aliphatic carbocycles.